The van der Waals surface area contributed by atoms with E-state index in [-0.39, 0.29) is 30.0 Å². The summed E-state index contributed by atoms with van der Waals surface area (Å²) in [5.41, 5.74) is 5.40. The number of aromatic nitrogens is 2. The number of amides is 1. The lowest BCUT2D eigenvalue weighted by atomic mass is 10.3. The Morgan fingerprint density at radius 1 is 1.60 bits per heavy atom. The zero-order valence-corrected chi connectivity index (χ0v) is 8.48. The third-order valence-corrected chi connectivity index (χ3v) is 2.27. The van der Waals surface area contributed by atoms with Gasteiger partial charge in [0.15, 0.2) is 0 Å². The van der Waals surface area contributed by atoms with Crippen molar-refractivity contribution in [3.8, 4) is 0 Å². The molecule has 1 amide bonds. The molecule has 0 aliphatic carbocycles. The van der Waals surface area contributed by atoms with E-state index in [4.69, 9.17) is 17.3 Å². The molecule has 1 atom stereocenters. The molecule has 1 saturated heterocycles. The van der Waals surface area contributed by atoms with E-state index in [1.807, 2.05) is 0 Å². The molecule has 0 spiro atoms. The van der Waals surface area contributed by atoms with Crippen LogP contribution >= 0.6 is 11.6 Å². The molecule has 1 aliphatic rings. The number of halogens is 1. The fourth-order valence-corrected chi connectivity index (χ4v) is 1.66. The average Bonchev–Trinajstić information content (AvgIpc) is 2.43. The minimum atomic E-state index is -0.660. The normalized spacial score (nSPS) is 21.1. The minimum Gasteiger partial charge on any atom is -0.391 e. The van der Waals surface area contributed by atoms with Gasteiger partial charge in [-0.15, -0.1) is 0 Å². The Kier molecular flexibility index (Phi) is 2.45. The van der Waals surface area contributed by atoms with Gasteiger partial charge in [0.2, 0.25) is 11.9 Å². The van der Waals surface area contributed by atoms with E-state index in [9.17, 15) is 9.90 Å². The first-order chi connectivity index (χ1) is 7.06. The summed E-state index contributed by atoms with van der Waals surface area (Å²) in [5, 5.41) is 9.47. The SMILES string of the molecule is Nc1nc(Cl)cc(N2CC(O)CC2=O)n1. The quantitative estimate of drug-likeness (QED) is 0.650. The van der Waals surface area contributed by atoms with Crippen molar-refractivity contribution in [1.82, 2.24) is 9.97 Å². The lowest BCUT2D eigenvalue weighted by Gasteiger charge is -2.14. The van der Waals surface area contributed by atoms with Crippen molar-refractivity contribution >= 4 is 29.3 Å². The molecule has 1 aromatic rings. The van der Waals surface area contributed by atoms with Crippen molar-refractivity contribution in [3.63, 3.8) is 0 Å². The maximum Gasteiger partial charge on any atom is 0.230 e. The van der Waals surface area contributed by atoms with Crippen molar-refractivity contribution in [2.45, 2.75) is 12.5 Å². The van der Waals surface area contributed by atoms with Crippen LogP contribution in [0.1, 0.15) is 6.42 Å². The highest BCUT2D eigenvalue weighted by Gasteiger charge is 2.30. The second-order valence-corrected chi connectivity index (χ2v) is 3.66. The molecule has 1 fully saturated rings. The maximum absolute atomic E-state index is 11.4. The van der Waals surface area contributed by atoms with E-state index < -0.39 is 6.10 Å². The Balaban J connectivity index is 2.33. The van der Waals surface area contributed by atoms with Gasteiger partial charge in [0.1, 0.15) is 11.0 Å². The van der Waals surface area contributed by atoms with Crippen LogP contribution in [0.5, 0.6) is 0 Å². The monoisotopic (exact) mass is 228 g/mol. The zero-order chi connectivity index (χ0) is 11.0. The number of aliphatic hydroxyl groups is 1. The first-order valence-electron chi connectivity index (χ1n) is 4.35. The molecule has 15 heavy (non-hydrogen) atoms. The van der Waals surface area contributed by atoms with Crippen molar-refractivity contribution in [2.75, 3.05) is 17.2 Å². The number of nitrogen functional groups attached to an aromatic ring is 1. The van der Waals surface area contributed by atoms with E-state index in [1.54, 1.807) is 0 Å². The Morgan fingerprint density at radius 2 is 2.33 bits per heavy atom. The van der Waals surface area contributed by atoms with Crippen LogP contribution in [0.3, 0.4) is 0 Å². The summed E-state index contributed by atoms with van der Waals surface area (Å²) in [6.45, 7) is 0.214. The largest absolute Gasteiger partial charge is 0.391 e. The molecule has 0 aromatic carbocycles. The number of carbonyl (C=O) groups excluding carboxylic acids is 1. The molecule has 2 rings (SSSR count). The number of anilines is 2. The number of carbonyl (C=O) groups is 1. The molecule has 1 aliphatic heterocycles. The van der Waals surface area contributed by atoms with Crippen LogP contribution in [0.15, 0.2) is 6.07 Å². The van der Waals surface area contributed by atoms with Gasteiger partial charge in [-0.1, -0.05) is 11.6 Å². The third kappa shape index (κ3) is 2.00. The fourth-order valence-electron chi connectivity index (χ4n) is 1.47. The summed E-state index contributed by atoms with van der Waals surface area (Å²) in [7, 11) is 0. The van der Waals surface area contributed by atoms with Gasteiger partial charge in [-0.2, -0.15) is 4.98 Å². The van der Waals surface area contributed by atoms with Crippen LogP contribution in [0, 0.1) is 0 Å². The number of nitrogens with two attached hydrogens (primary N) is 1. The summed E-state index contributed by atoms with van der Waals surface area (Å²) >= 11 is 5.68. The molecule has 0 radical (unpaired) electrons. The van der Waals surface area contributed by atoms with Crippen LogP contribution < -0.4 is 10.6 Å². The molecule has 0 saturated carbocycles. The van der Waals surface area contributed by atoms with Crippen LogP contribution in [0.25, 0.3) is 0 Å². The lowest BCUT2D eigenvalue weighted by Crippen LogP contribution is -2.26. The van der Waals surface area contributed by atoms with Gasteiger partial charge in [-0.3, -0.25) is 9.69 Å². The molecule has 2 heterocycles. The first-order valence-corrected chi connectivity index (χ1v) is 4.72. The first kappa shape index (κ1) is 10.1. The summed E-state index contributed by atoms with van der Waals surface area (Å²) in [4.78, 5) is 20.3. The lowest BCUT2D eigenvalue weighted by molar-refractivity contribution is -0.117. The second kappa shape index (κ2) is 3.63. The van der Waals surface area contributed by atoms with Gasteiger partial charge in [0.25, 0.3) is 0 Å². The Hall–Kier alpha value is -1.40. The zero-order valence-electron chi connectivity index (χ0n) is 7.72. The van der Waals surface area contributed by atoms with Crippen LogP contribution in [0.2, 0.25) is 5.15 Å². The predicted octanol–water partition coefficient (Wildman–Crippen LogP) is -0.190. The van der Waals surface area contributed by atoms with E-state index in [1.165, 1.54) is 11.0 Å². The van der Waals surface area contributed by atoms with Crippen molar-refractivity contribution in [1.29, 1.82) is 0 Å². The van der Waals surface area contributed by atoms with Gasteiger partial charge in [-0.05, 0) is 0 Å². The van der Waals surface area contributed by atoms with Gasteiger partial charge in [0.05, 0.1) is 19.1 Å². The summed E-state index contributed by atoms with van der Waals surface area (Å²) in [5.74, 6) is 0.136. The van der Waals surface area contributed by atoms with Gasteiger partial charge in [-0.25, -0.2) is 4.98 Å². The van der Waals surface area contributed by atoms with E-state index in [0.717, 1.165) is 0 Å². The highest BCUT2D eigenvalue weighted by Crippen LogP contribution is 2.22. The molecule has 1 aromatic heterocycles. The summed E-state index contributed by atoms with van der Waals surface area (Å²) < 4.78 is 0. The molecule has 1 unspecified atom stereocenters. The smallest absolute Gasteiger partial charge is 0.230 e. The van der Waals surface area contributed by atoms with Gasteiger partial charge >= 0.3 is 0 Å². The second-order valence-electron chi connectivity index (χ2n) is 3.27. The van der Waals surface area contributed by atoms with Crippen LogP contribution in [0.4, 0.5) is 11.8 Å². The number of aliphatic hydroxyl groups excluding tert-OH is 1. The third-order valence-electron chi connectivity index (χ3n) is 2.08. The molecule has 80 valence electrons. The standard InChI is InChI=1S/C8H9ClN4O2/c9-5-2-6(12-8(10)11-5)13-3-4(14)1-7(13)15/h2,4,14H,1,3H2,(H2,10,11,12). The van der Waals surface area contributed by atoms with Crippen LogP contribution in [-0.2, 0) is 4.79 Å². The van der Waals surface area contributed by atoms with Crippen molar-refractivity contribution < 1.29 is 9.90 Å². The molecular weight excluding hydrogens is 220 g/mol. The Labute approximate surface area is 90.7 Å². The average molecular weight is 229 g/mol. The van der Waals surface area contributed by atoms with E-state index in [0.29, 0.717) is 5.82 Å². The summed E-state index contributed by atoms with van der Waals surface area (Å²) in [6, 6.07) is 1.44. The van der Waals surface area contributed by atoms with E-state index >= 15 is 0 Å². The van der Waals surface area contributed by atoms with Gasteiger partial charge < -0.3 is 10.8 Å². The molecule has 6 nitrogen and oxygen atoms in total. The van der Waals surface area contributed by atoms with Crippen molar-refractivity contribution in [3.05, 3.63) is 11.2 Å². The minimum absolute atomic E-state index is 0.00619. The predicted molar refractivity (Wildman–Crippen MR) is 54.4 cm³/mol. The number of nitrogens with zero attached hydrogens (tertiary/aromatic N) is 3. The fraction of sp³-hybridized carbons (Fsp3) is 0.375. The van der Waals surface area contributed by atoms with E-state index in [2.05, 4.69) is 9.97 Å². The molecule has 3 N–H and O–H groups in total. The number of hydrogen-bond acceptors (Lipinski definition) is 5. The highest BCUT2D eigenvalue weighted by molar-refractivity contribution is 6.29. The molecular formula is C8H9ClN4O2. The molecule has 0 bridgehead atoms. The summed E-state index contributed by atoms with van der Waals surface area (Å²) in [6.07, 6.45) is -0.561. The molecule has 7 heteroatoms. The number of hydrogen-bond donors (Lipinski definition) is 2. The Morgan fingerprint density at radius 3 is 2.87 bits per heavy atom. The topological polar surface area (TPSA) is 92.3 Å². The van der Waals surface area contributed by atoms with Crippen molar-refractivity contribution in [2.24, 2.45) is 0 Å². The Bertz CT molecular complexity index is 391. The number of rotatable bonds is 1. The van der Waals surface area contributed by atoms with Crippen LogP contribution in [-0.4, -0.2) is 33.6 Å². The maximum atomic E-state index is 11.4. The highest BCUT2D eigenvalue weighted by atomic mass is 35.5. The number of β-amino-alcohol motifs (C(OH)–C–C–N with tert-alkyl or cyclic N) is 1. The van der Waals surface area contributed by atoms with Gasteiger partial charge in [0, 0.05) is 6.07 Å².